The lowest BCUT2D eigenvalue weighted by atomic mass is 10.1. The minimum Gasteiger partial charge on any atom is -0.365 e. The Hall–Kier alpha value is -4.37. The quantitative estimate of drug-likeness (QED) is 0.391. The summed E-state index contributed by atoms with van der Waals surface area (Å²) in [5, 5.41) is 1.04. The van der Waals surface area contributed by atoms with E-state index in [0.717, 1.165) is 45.1 Å². The molecule has 0 aliphatic carbocycles. The topological polar surface area (TPSA) is 101 Å². The zero-order valence-electron chi connectivity index (χ0n) is 19.4. The number of aromatic nitrogens is 4. The Balaban J connectivity index is 1.37. The number of nitrogens with two attached hydrogens (primary N) is 1. The summed E-state index contributed by atoms with van der Waals surface area (Å²) in [5.41, 5.74) is 8.07. The highest BCUT2D eigenvalue weighted by atomic mass is 32.1. The highest BCUT2D eigenvalue weighted by Crippen LogP contribution is 2.38. The summed E-state index contributed by atoms with van der Waals surface area (Å²) in [5.74, 6) is 1.74. The largest absolute Gasteiger partial charge is 0.365 e. The van der Waals surface area contributed by atoms with Crippen molar-refractivity contribution >= 4 is 39.1 Å². The maximum atomic E-state index is 11.9. The van der Waals surface area contributed by atoms with Crippen molar-refractivity contribution in [3.05, 3.63) is 84.8 Å². The number of fused-ring (bicyclic) bond motifs is 1. The van der Waals surface area contributed by atoms with Crippen LogP contribution in [-0.2, 0) is 0 Å². The van der Waals surface area contributed by atoms with Gasteiger partial charge in [-0.15, -0.1) is 11.3 Å². The second-order valence-corrected chi connectivity index (χ2v) is 9.55. The third kappa shape index (κ3) is 4.14. The van der Waals surface area contributed by atoms with Gasteiger partial charge in [-0.05, 0) is 35.9 Å². The Morgan fingerprint density at radius 3 is 2.28 bits per heavy atom. The van der Waals surface area contributed by atoms with Gasteiger partial charge in [0.05, 0.1) is 10.9 Å². The monoisotopic (exact) mass is 493 g/mol. The summed E-state index contributed by atoms with van der Waals surface area (Å²) < 4.78 is 0. The molecule has 0 saturated carbocycles. The summed E-state index contributed by atoms with van der Waals surface area (Å²) in [6.07, 6.45) is 5.23. The van der Waals surface area contributed by atoms with Gasteiger partial charge in [0.2, 0.25) is 0 Å². The summed E-state index contributed by atoms with van der Waals surface area (Å²) >= 11 is 1.67. The van der Waals surface area contributed by atoms with Crippen molar-refractivity contribution in [2.24, 2.45) is 5.73 Å². The Morgan fingerprint density at radius 1 is 0.833 bits per heavy atom. The number of hydrogen-bond acceptors (Lipinski definition) is 8. The smallest absolute Gasteiger partial charge is 0.252 e. The first kappa shape index (κ1) is 22.1. The predicted molar refractivity (Wildman–Crippen MR) is 143 cm³/mol. The molecule has 4 aromatic heterocycles. The number of anilines is 2. The number of primary amides is 1. The lowest BCUT2D eigenvalue weighted by Gasteiger charge is -2.36. The Labute approximate surface area is 212 Å². The molecule has 178 valence electrons. The van der Waals surface area contributed by atoms with E-state index in [1.54, 1.807) is 42.1 Å². The fourth-order valence-electron chi connectivity index (χ4n) is 4.49. The molecule has 1 aliphatic rings. The molecule has 1 aliphatic heterocycles. The molecule has 0 radical (unpaired) electrons. The van der Waals surface area contributed by atoms with Gasteiger partial charge in [0, 0.05) is 55.2 Å². The van der Waals surface area contributed by atoms with Crippen molar-refractivity contribution in [3.63, 3.8) is 0 Å². The van der Waals surface area contributed by atoms with E-state index in [0.29, 0.717) is 30.3 Å². The zero-order chi connectivity index (χ0) is 24.5. The molecule has 5 aromatic rings. The molecule has 0 bridgehead atoms. The Kier molecular flexibility index (Phi) is 5.74. The lowest BCUT2D eigenvalue weighted by molar-refractivity contribution is 0.100. The average Bonchev–Trinajstić information content (AvgIpc) is 3.38. The molecular weight excluding hydrogens is 470 g/mol. The number of rotatable bonds is 5. The van der Waals surface area contributed by atoms with E-state index in [1.165, 1.54) is 0 Å². The van der Waals surface area contributed by atoms with Crippen molar-refractivity contribution in [1.82, 2.24) is 19.9 Å². The van der Waals surface area contributed by atoms with Gasteiger partial charge in [-0.2, -0.15) is 0 Å². The van der Waals surface area contributed by atoms with Crippen LogP contribution in [0.15, 0.2) is 79.3 Å². The van der Waals surface area contributed by atoms with Gasteiger partial charge in [-0.1, -0.05) is 30.3 Å². The fourth-order valence-corrected chi connectivity index (χ4v) is 5.52. The van der Waals surface area contributed by atoms with Gasteiger partial charge in [0.25, 0.3) is 5.91 Å². The zero-order valence-corrected chi connectivity index (χ0v) is 20.2. The number of carbonyl (C=O) groups is 1. The van der Waals surface area contributed by atoms with E-state index in [1.807, 2.05) is 30.3 Å². The number of amides is 1. The van der Waals surface area contributed by atoms with E-state index < -0.39 is 5.91 Å². The first-order valence-electron chi connectivity index (χ1n) is 11.7. The van der Waals surface area contributed by atoms with Crippen molar-refractivity contribution in [2.75, 3.05) is 36.0 Å². The van der Waals surface area contributed by atoms with Gasteiger partial charge < -0.3 is 15.5 Å². The van der Waals surface area contributed by atoms with Gasteiger partial charge in [-0.3, -0.25) is 9.78 Å². The number of thiophene rings is 1. The summed E-state index contributed by atoms with van der Waals surface area (Å²) in [6, 6.07) is 19.9. The van der Waals surface area contributed by atoms with Crippen LogP contribution in [0, 0.1) is 0 Å². The van der Waals surface area contributed by atoms with E-state index in [4.69, 9.17) is 15.7 Å². The highest BCUT2D eigenvalue weighted by Gasteiger charge is 2.25. The van der Waals surface area contributed by atoms with Crippen molar-refractivity contribution in [3.8, 4) is 21.8 Å². The number of nitrogens with zero attached hydrogens (tertiary/aromatic N) is 6. The first-order chi connectivity index (χ1) is 17.7. The van der Waals surface area contributed by atoms with Gasteiger partial charge in [0.1, 0.15) is 16.5 Å². The van der Waals surface area contributed by atoms with Crippen LogP contribution in [0.5, 0.6) is 0 Å². The minimum atomic E-state index is -0.467. The molecule has 0 atom stereocenters. The predicted octanol–water partition coefficient (Wildman–Crippen LogP) is 4.24. The van der Waals surface area contributed by atoms with Crippen LogP contribution in [-0.4, -0.2) is 52.0 Å². The van der Waals surface area contributed by atoms with E-state index in [9.17, 15) is 4.79 Å². The summed E-state index contributed by atoms with van der Waals surface area (Å²) in [6.45, 7) is 2.84. The maximum absolute atomic E-state index is 11.9. The van der Waals surface area contributed by atoms with Crippen LogP contribution in [0.1, 0.15) is 10.4 Å². The van der Waals surface area contributed by atoms with Crippen LogP contribution in [0.3, 0.4) is 0 Å². The van der Waals surface area contributed by atoms with Crippen LogP contribution < -0.4 is 15.5 Å². The van der Waals surface area contributed by atoms with Gasteiger partial charge in [-0.25, -0.2) is 15.0 Å². The second kappa shape index (κ2) is 9.35. The SMILES string of the molecule is NC(=O)c1cccnc1N1CCN(c2nc(-c3cccnc3)nc3sc(-c4ccccc4)cc23)CC1. The Bertz CT molecular complexity index is 1530. The molecule has 1 saturated heterocycles. The van der Waals surface area contributed by atoms with Gasteiger partial charge >= 0.3 is 0 Å². The average molecular weight is 494 g/mol. The number of benzene rings is 1. The minimum absolute atomic E-state index is 0.444. The molecule has 0 unspecified atom stereocenters. The van der Waals surface area contributed by atoms with Crippen LogP contribution in [0.2, 0.25) is 0 Å². The standard InChI is InChI=1S/C27H23N7OS/c28-23(35)20-9-5-11-30-25(20)33-12-14-34(15-13-33)26-21-16-22(18-6-2-1-3-7-18)36-27(21)32-24(31-26)19-8-4-10-29-17-19/h1-11,16-17H,12-15H2,(H2,28,35). The highest BCUT2D eigenvalue weighted by molar-refractivity contribution is 7.22. The molecule has 0 spiro atoms. The van der Waals surface area contributed by atoms with Crippen LogP contribution >= 0.6 is 11.3 Å². The second-order valence-electron chi connectivity index (χ2n) is 8.52. The van der Waals surface area contributed by atoms with Crippen molar-refractivity contribution in [2.45, 2.75) is 0 Å². The number of pyridine rings is 2. The number of hydrogen-bond donors (Lipinski definition) is 1. The summed E-state index contributed by atoms with van der Waals surface area (Å²) in [7, 11) is 0. The molecule has 1 aromatic carbocycles. The van der Waals surface area contributed by atoms with Crippen molar-refractivity contribution < 1.29 is 4.79 Å². The molecule has 9 heteroatoms. The summed E-state index contributed by atoms with van der Waals surface area (Å²) in [4.78, 5) is 37.0. The molecular formula is C27H23N7OS. The lowest BCUT2D eigenvalue weighted by Crippen LogP contribution is -2.47. The molecule has 1 fully saturated rings. The molecule has 8 nitrogen and oxygen atoms in total. The third-order valence-electron chi connectivity index (χ3n) is 6.28. The van der Waals surface area contributed by atoms with Crippen LogP contribution in [0.4, 0.5) is 11.6 Å². The van der Waals surface area contributed by atoms with Crippen molar-refractivity contribution in [1.29, 1.82) is 0 Å². The molecule has 36 heavy (non-hydrogen) atoms. The third-order valence-corrected chi connectivity index (χ3v) is 7.36. The van der Waals surface area contributed by atoms with Crippen LogP contribution in [0.25, 0.3) is 32.0 Å². The number of piperazine rings is 1. The first-order valence-corrected chi connectivity index (χ1v) is 12.5. The number of carbonyl (C=O) groups excluding carboxylic acids is 1. The van der Waals surface area contributed by atoms with Gasteiger partial charge in [0.15, 0.2) is 5.82 Å². The van der Waals surface area contributed by atoms with E-state index >= 15 is 0 Å². The molecule has 6 rings (SSSR count). The van der Waals surface area contributed by atoms with E-state index in [-0.39, 0.29) is 0 Å². The molecule has 5 heterocycles. The molecule has 1 amide bonds. The Morgan fingerprint density at radius 2 is 1.56 bits per heavy atom. The van der Waals surface area contributed by atoms with E-state index in [2.05, 4.69) is 38.0 Å². The molecule has 2 N–H and O–H groups in total. The normalized spacial score (nSPS) is 13.8. The fraction of sp³-hybridized carbons (Fsp3) is 0.148. The maximum Gasteiger partial charge on any atom is 0.252 e.